The number of aliphatic hydroxyl groups is 6. The number of hydrogen-bond acceptors (Lipinski definition) is 12. The Kier molecular flexibility index (Phi) is 8.54. The molecule has 0 saturated carbocycles. The number of fused-ring (bicyclic) bond motifs is 1. The molecule has 6 atom stereocenters. The topological polar surface area (TPSA) is 223 Å². The maximum Gasteiger partial charge on any atom is 0.283 e. The summed E-state index contributed by atoms with van der Waals surface area (Å²) in [6.45, 7) is -0.320. The van der Waals surface area contributed by atoms with Gasteiger partial charge in [-0.3, -0.25) is 4.79 Å². The molecule has 43 heavy (non-hydrogen) atoms. The minimum Gasteiger partial charge on any atom is -0.508 e. The normalized spacial score (nSPS) is 23.0. The Morgan fingerprint density at radius 1 is 0.860 bits per heavy atom. The highest BCUT2D eigenvalue weighted by Crippen LogP contribution is 2.43. The molecular weight excluding hydrogens is 568 g/mol. The molecule has 0 radical (unpaired) electrons. The van der Waals surface area contributed by atoms with Crippen molar-refractivity contribution in [3.05, 3.63) is 82.5 Å². The van der Waals surface area contributed by atoms with Crippen LogP contribution in [0.3, 0.4) is 0 Å². The summed E-state index contributed by atoms with van der Waals surface area (Å²) in [5.74, 6) is -1.55. The lowest BCUT2D eigenvalue weighted by molar-refractivity contribution is -0.303. The number of ether oxygens (including phenoxy) is 3. The lowest BCUT2D eigenvalue weighted by Gasteiger charge is -2.39. The molecule has 0 aromatic heterocycles. The van der Waals surface area contributed by atoms with Crippen molar-refractivity contribution in [2.75, 3.05) is 6.61 Å². The number of aliphatic hydroxyl groups excluding tert-OH is 4. The molecule has 13 nitrogen and oxygen atoms in total. The van der Waals surface area contributed by atoms with Gasteiger partial charge in [-0.2, -0.15) is 0 Å². The predicted octanol–water partition coefficient (Wildman–Crippen LogP) is 0.980. The highest BCUT2D eigenvalue weighted by molar-refractivity contribution is 5.76. The van der Waals surface area contributed by atoms with Crippen LogP contribution in [0.25, 0.3) is 28.7 Å². The molecule has 2 aromatic rings. The molecular formula is C30H29O13+. The summed E-state index contributed by atoms with van der Waals surface area (Å²) in [5, 5.41) is 81.5. The van der Waals surface area contributed by atoms with Crippen LogP contribution in [0.4, 0.5) is 0 Å². The summed E-state index contributed by atoms with van der Waals surface area (Å²) in [6.07, 6.45) is -6.41. The molecule has 5 rings (SSSR count). The number of aromatic hydroxyl groups is 4. The zero-order valence-electron chi connectivity index (χ0n) is 22.3. The van der Waals surface area contributed by atoms with Crippen LogP contribution in [0.1, 0.15) is 5.56 Å². The van der Waals surface area contributed by atoms with Gasteiger partial charge >= 0.3 is 0 Å². The summed E-state index contributed by atoms with van der Waals surface area (Å²) >= 11 is 0. The van der Waals surface area contributed by atoms with Gasteiger partial charge in [-0.15, -0.1) is 0 Å². The maximum atomic E-state index is 12.0. The monoisotopic (exact) mass is 597 g/mol. The maximum absolute atomic E-state index is 12.0. The highest BCUT2D eigenvalue weighted by atomic mass is 16.7. The fourth-order valence-electron chi connectivity index (χ4n) is 4.47. The second-order valence-electron chi connectivity index (χ2n) is 9.86. The SMILES string of the molecule is O=c1cc2oc(-c3ccc(O)c(O)c3)c(O[C@@H]3O[C@H](C[OH+]C(O)C=Cc4ccc(O)cc4)[C@@H](O)[C@H](O)[C@H]3O)cc-2c(O)c1. The number of phenolic OH excluding ortho intramolecular Hbond substituents is 4. The molecule has 1 saturated heterocycles. The molecule has 13 heteroatoms. The number of phenols is 4. The van der Waals surface area contributed by atoms with E-state index in [0.717, 1.165) is 18.2 Å². The minimum absolute atomic E-state index is 0.0356. The van der Waals surface area contributed by atoms with Crippen LogP contribution in [0.5, 0.6) is 28.7 Å². The molecule has 1 unspecified atom stereocenters. The van der Waals surface area contributed by atoms with Crippen molar-refractivity contribution in [2.24, 2.45) is 0 Å². The van der Waals surface area contributed by atoms with Gasteiger partial charge in [0.25, 0.3) is 6.29 Å². The number of rotatable bonds is 8. The van der Waals surface area contributed by atoms with Crippen LogP contribution in [0, 0.1) is 0 Å². The Hall–Kier alpha value is -4.63. The van der Waals surface area contributed by atoms with Crippen molar-refractivity contribution in [1.29, 1.82) is 0 Å². The fraction of sp³-hybridized carbons (Fsp3) is 0.233. The third kappa shape index (κ3) is 6.57. The molecule has 1 aliphatic carbocycles. The van der Waals surface area contributed by atoms with E-state index < -0.39 is 59.7 Å². The van der Waals surface area contributed by atoms with E-state index >= 15 is 0 Å². The summed E-state index contributed by atoms with van der Waals surface area (Å²) < 4.78 is 21.5. The van der Waals surface area contributed by atoms with Crippen molar-refractivity contribution < 1.29 is 59.5 Å². The molecule has 226 valence electrons. The van der Waals surface area contributed by atoms with Crippen LogP contribution >= 0.6 is 0 Å². The number of hydrogen-bond donors (Lipinski definition) is 8. The number of benzene rings is 3. The lowest BCUT2D eigenvalue weighted by Crippen LogP contribution is -2.60. The van der Waals surface area contributed by atoms with E-state index in [4.69, 9.17) is 13.9 Å². The molecule has 2 heterocycles. The molecule has 2 aromatic carbocycles. The summed E-state index contributed by atoms with van der Waals surface area (Å²) in [4.78, 5) is 12.0. The van der Waals surface area contributed by atoms with E-state index in [1.807, 2.05) is 0 Å². The van der Waals surface area contributed by atoms with E-state index in [-0.39, 0.29) is 40.8 Å². The molecule has 0 amide bonds. The van der Waals surface area contributed by atoms with Crippen molar-refractivity contribution in [1.82, 2.24) is 0 Å². The van der Waals surface area contributed by atoms with Crippen LogP contribution in [-0.2, 0) is 4.74 Å². The van der Waals surface area contributed by atoms with Crippen molar-refractivity contribution in [2.45, 2.75) is 37.0 Å². The van der Waals surface area contributed by atoms with Gasteiger partial charge in [-0.1, -0.05) is 12.1 Å². The Labute approximate surface area is 243 Å². The molecule has 9 N–H and O–H groups in total. The quantitative estimate of drug-likeness (QED) is 0.0809. The summed E-state index contributed by atoms with van der Waals surface area (Å²) in [6, 6.07) is 13.3. The Bertz CT molecular complexity index is 1630. The van der Waals surface area contributed by atoms with Crippen LogP contribution in [-0.4, -0.2) is 89.2 Å². The van der Waals surface area contributed by atoms with Gasteiger partial charge < -0.3 is 59.5 Å². The van der Waals surface area contributed by atoms with Gasteiger partial charge in [0, 0.05) is 23.8 Å². The van der Waals surface area contributed by atoms with E-state index in [0.29, 0.717) is 5.56 Å². The van der Waals surface area contributed by atoms with Gasteiger partial charge in [-0.25, -0.2) is 0 Å². The molecule has 3 aliphatic rings. The second-order valence-corrected chi connectivity index (χ2v) is 9.86. The van der Waals surface area contributed by atoms with Crippen LogP contribution in [0.15, 0.2) is 76.0 Å². The highest BCUT2D eigenvalue weighted by Gasteiger charge is 2.46. The van der Waals surface area contributed by atoms with Gasteiger partial charge in [0.2, 0.25) is 6.29 Å². The molecule has 2 aliphatic heterocycles. The first-order chi connectivity index (χ1) is 20.5. The van der Waals surface area contributed by atoms with Gasteiger partial charge in [-0.05, 0) is 48.0 Å². The smallest absolute Gasteiger partial charge is 0.283 e. The molecule has 1 fully saturated rings. The average Bonchev–Trinajstić information content (AvgIpc) is 2.98. The van der Waals surface area contributed by atoms with E-state index in [1.54, 1.807) is 18.2 Å². The lowest BCUT2D eigenvalue weighted by atomic mass is 9.99. The van der Waals surface area contributed by atoms with Gasteiger partial charge in [0.1, 0.15) is 35.6 Å². The zero-order chi connectivity index (χ0) is 30.8. The molecule has 0 bridgehead atoms. The first kappa shape index (κ1) is 29.8. The first-order valence-electron chi connectivity index (χ1n) is 13.0. The van der Waals surface area contributed by atoms with E-state index in [1.165, 1.54) is 36.4 Å². The Morgan fingerprint density at radius 2 is 1.60 bits per heavy atom. The fourth-order valence-corrected chi connectivity index (χ4v) is 4.47. The second kappa shape index (κ2) is 12.3. The zero-order valence-corrected chi connectivity index (χ0v) is 22.3. The first-order valence-corrected chi connectivity index (χ1v) is 13.0. The Balaban J connectivity index is 1.39. The minimum atomic E-state index is -1.78. The Morgan fingerprint density at radius 3 is 2.33 bits per heavy atom. The largest absolute Gasteiger partial charge is 0.508 e. The average molecular weight is 598 g/mol. The van der Waals surface area contributed by atoms with Crippen molar-refractivity contribution in [3.63, 3.8) is 0 Å². The standard InChI is InChI=1S/C30H28O13/c31-16-5-1-14(2-6-16)3-8-25(36)40-13-24-26(37)27(38)28(39)30(43-24)42-23-12-18-20(34)10-17(32)11-22(18)41-29(23)15-4-7-19(33)21(35)9-15/h1-12,24-28,30-31,33-39H,13H2/p+1/t24-,25?,26-,27+,28-,30-/m1/s1. The van der Waals surface area contributed by atoms with E-state index in [9.17, 15) is 45.6 Å². The van der Waals surface area contributed by atoms with Crippen molar-refractivity contribution >= 4 is 6.08 Å². The predicted molar refractivity (Wildman–Crippen MR) is 150 cm³/mol. The van der Waals surface area contributed by atoms with Crippen LogP contribution in [0.2, 0.25) is 0 Å². The van der Waals surface area contributed by atoms with Crippen molar-refractivity contribution in [3.8, 4) is 51.4 Å². The third-order valence-corrected chi connectivity index (χ3v) is 6.78. The van der Waals surface area contributed by atoms with Gasteiger partial charge in [0.15, 0.2) is 41.1 Å². The summed E-state index contributed by atoms with van der Waals surface area (Å²) in [5.41, 5.74) is 0.368. The van der Waals surface area contributed by atoms with E-state index in [2.05, 4.69) is 4.74 Å². The molecule has 0 spiro atoms. The summed E-state index contributed by atoms with van der Waals surface area (Å²) in [7, 11) is 0. The van der Waals surface area contributed by atoms with Gasteiger partial charge in [0.05, 0.1) is 5.56 Å². The van der Waals surface area contributed by atoms with Crippen LogP contribution < -0.4 is 10.2 Å². The third-order valence-electron chi connectivity index (χ3n) is 6.78.